The van der Waals surface area contributed by atoms with E-state index in [1.54, 1.807) is 30.3 Å². The van der Waals surface area contributed by atoms with E-state index < -0.39 is 11.8 Å². The van der Waals surface area contributed by atoms with Gasteiger partial charge in [-0.2, -0.15) is 5.26 Å². The van der Waals surface area contributed by atoms with E-state index in [-0.39, 0.29) is 18.9 Å². The average Bonchev–Trinajstić information content (AvgIpc) is 3.00. The van der Waals surface area contributed by atoms with Crippen molar-refractivity contribution in [1.82, 2.24) is 4.90 Å². The number of ether oxygens (including phenoxy) is 1. The van der Waals surface area contributed by atoms with Crippen molar-refractivity contribution in [1.29, 1.82) is 5.26 Å². The van der Waals surface area contributed by atoms with Gasteiger partial charge in [0.05, 0.1) is 12.1 Å². The molecule has 7 heteroatoms. The zero-order valence-electron chi connectivity index (χ0n) is 12.5. The van der Waals surface area contributed by atoms with E-state index in [1.165, 1.54) is 13.1 Å². The van der Waals surface area contributed by atoms with Crippen LogP contribution in [0.15, 0.2) is 40.8 Å². The second kappa shape index (κ2) is 7.13. The molecule has 7 nitrogen and oxygen atoms in total. The highest BCUT2D eigenvalue weighted by Gasteiger charge is 2.17. The fourth-order valence-corrected chi connectivity index (χ4v) is 1.90. The minimum atomic E-state index is -0.607. The van der Waals surface area contributed by atoms with Crippen molar-refractivity contribution in [3.63, 3.8) is 0 Å². The molecule has 0 radical (unpaired) electrons. The van der Waals surface area contributed by atoms with Gasteiger partial charge in [-0.3, -0.25) is 9.59 Å². The molecule has 0 spiro atoms. The molecule has 1 aromatic carbocycles. The average molecular weight is 313 g/mol. The lowest BCUT2D eigenvalue weighted by Gasteiger charge is -2.12. The van der Waals surface area contributed by atoms with E-state index in [2.05, 4.69) is 0 Å². The Morgan fingerprint density at radius 3 is 2.74 bits per heavy atom. The Balaban J connectivity index is 2.01. The van der Waals surface area contributed by atoms with E-state index in [1.807, 2.05) is 6.07 Å². The first-order valence-electron chi connectivity index (χ1n) is 6.75. The van der Waals surface area contributed by atoms with Crippen molar-refractivity contribution in [2.75, 3.05) is 13.6 Å². The van der Waals surface area contributed by atoms with Crippen LogP contribution in [-0.2, 0) is 11.4 Å². The molecular formula is C16H15N3O4. The van der Waals surface area contributed by atoms with Gasteiger partial charge >= 0.3 is 0 Å². The summed E-state index contributed by atoms with van der Waals surface area (Å²) in [7, 11) is 1.45. The van der Waals surface area contributed by atoms with Gasteiger partial charge < -0.3 is 19.8 Å². The Kier molecular flexibility index (Phi) is 5.00. The Morgan fingerprint density at radius 1 is 1.30 bits per heavy atom. The molecule has 2 rings (SSSR count). The zero-order chi connectivity index (χ0) is 16.8. The fraction of sp³-hybridized carbons (Fsp3) is 0.188. The standard InChI is InChI=1S/C16H15N3O4/c1-19(9-15(18)20)16(21)14-7-6-12(23-14)10-22-13-5-3-2-4-11(13)8-17/h2-7H,9-10H2,1H3,(H2,18,20). The van der Waals surface area contributed by atoms with Crippen molar-refractivity contribution in [3.05, 3.63) is 53.5 Å². The predicted molar refractivity (Wildman–Crippen MR) is 80.4 cm³/mol. The second-order valence-electron chi connectivity index (χ2n) is 4.79. The second-order valence-corrected chi connectivity index (χ2v) is 4.79. The third-order valence-corrected chi connectivity index (χ3v) is 2.99. The van der Waals surface area contributed by atoms with Gasteiger partial charge in [-0.1, -0.05) is 12.1 Å². The van der Waals surface area contributed by atoms with E-state index in [9.17, 15) is 9.59 Å². The van der Waals surface area contributed by atoms with E-state index in [0.717, 1.165) is 4.90 Å². The number of nitrogens with zero attached hydrogens (tertiary/aromatic N) is 2. The monoisotopic (exact) mass is 313 g/mol. The molecule has 0 saturated heterocycles. The van der Waals surface area contributed by atoms with Crippen molar-refractivity contribution < 1.29 is 18.7 Å². The van der Waals surface area contributed by atoms with Crippen molar-refractivity contribution in [2.24, 2.45) is 5.73 Å². The Labute approximate surface area is 132 Å². The molecule has 1 aromatic heterocycles. The van der Waals surface area contributed by atoms with Crippen LogP contribution in [0.25, 0.3) is 0 Å². The molecule has 0 aliphatic carbocycles. The molecule has 0 unspecified atom stereocenters. The van der Waals surface area contributed by atoms with Gasteiger partial charge in [0.2, 0.25) is 5.91 Å². The third-order valence-electron chi connectivity index (χ3n) is 2.99. The molecular weight excluding hydrogens is 298 g/mol. The van der Waals surface area contributed by atoms with Crippen LogP contribution in [0.3, 0.4) is 0 Å². The molecule has 2 N–H and O–H groups in total. The van der Waals surface area contributed by atoms with Crippen LogP contribution < -0.4 is 10.5 Å². The maximum Gasteiger partial charge on any atom is 0.289 e. The van der Waals surface area contributed by atoms with Crippen LogP contribution >= 0.6 is 0 Å². The van der Waals surface area contributed by atoms with Crippen LogP contribution in [0, 0.1) is 11.3 Å². The highest BCUT2D eigenvalue weighted by Crippen LogP contribution is 2.19. The SMILES string of the molecule is CN(CC(N)=O)C(=O)c1ccc(COc2ccccc2C#N)o1. The Bertz CT molecular complexity index is 761. The number of likely N-dealkylation sites (N-methyl/N-ethyl adjacent to an activating group) is 1. The molecule has 2 amide bonds. The summed E-state index contributed by atoms with van der Waals surface area (Å²) < 4.78 is 10.9. The number of hydrogen-bond donors (Lipinski definition) is 1. The summed E-state index contributed by atoms with van der Waals surface area (Å²) in [5.74, 6) is -0.115. The van der Waals surface area contributed by atoms with Crippen LogP contribution in [0.5, 0.6) is 5.75 Å². The molecule has 0 aliphatic heterocycles. The van der Waals surface area contributed by atoms with Crippen LogP contribution in [-0.4, -0.2) is 30.3 Å². The maximum absolute atomic E-state index is 12.0. The molecule has 0 atom stereocenters. The number of primary amides is 1. The number of rotatable bonds is 6. The van der Waals surface area contributed by atoms with Gasteiger partial charge in [-0.05, 0) is 24.3 Å². The number of para-hydroxylation sites is 1. The number of carbonyl (C=O) groups is 2. The number of carbonyl (C=O) groups excluding carboxylic acids is 2. The van der Waals surface area contributed by atoms with Gasteiger partial charge in [0.15, 0.2) is 5.76 Å². The normalized spacial score (nSPS) is 9.91. The predicted octanol–water partition coefficient (Wildman–Crippen LogP) is 1.29. The number of amides is 2. The quantitative estimate of drug-likeness (QED) is 0.864. The topological polar surface area (TPSA) is 110 Å². The number of nitrogens with two attached hydrogens (primary N) is 1. The Morgan fingerprint density at radius 2 is 2.04 bits per heavy atom. The molecule has 1 heterocycles. The van der Waals surface area contributed by atoms with Crippen molar-refractivity contribution >= 4 is 11.8 Å². The summed E-state index contributed by atoms with van der Waals surface area (Å²) in [5, 5.41) is 8.98. The molecule has 0 fully saturated rings. The first kappa shape index (κ1) is 16.1. The summed E-state index contributed by atoms with van der Waals surface area (Å²) in [6, 6.07) is 11.9. The lowest BCUT2D eigenvalue weighted by atomic mass is 10.2. The smallest absolute Gasteiger partial charge is 0.289 e. The van der Waals surface area contributed by atoms with E-state index >= 15 is 0 Å². The van der Waals surface area contributed by atoms with E-state index in [0.29, 0.717) is 17.1 Å². The number of benzene rings is 1. The van der Waals surface area contributed by atoms with E-state index in [4.69, 9.17) is 20.1 Å². The van der Waals surface area contributed by atoms with Crippen molar-refractivity contribution in [2.45, 2.75) is 6.61 Å². The van der Waals surface area contributed by atoms with Gasteiger partial charge in [0, 0.05) is 7.05 Å². The molecule has 23 heavy (non-hydrogen) atoms. The zero-order valence-corrected chi connectivity index (χ0v) is 12.5. The maximum atomic E-state index is 12.0. The fourth-order valence-electron chi connectivity index (χ4n) is 1.90. The highest BCUT2D eigenvalue weighted by atomic mass is 16.5. The molecule has 0 aliphatic rings. The van der Waals surface area contributed by atoms with Gasteiger partial charge in [0.25, 0.3) is 5.91 Å². The van der Waals surface area contributed by atoms with Crippen molar-refractivity contribution in [3.8, 4) is 11.8 Å². The molecule has 2 aromatic rings. The minimum absolute atomic E-state index is 0.0749. The van der Waals surface area contributed by atoms with Crippen LogP contribution in [0.2, 0.25) is 0 Å². The lowest BCUT2D eigenvalue weighted by Crippen LogP contribution is -2.35. The van der Waals surface area contributed by atoms with Gasteiger partial charge in [-0.15, -0.1) is 0 Å². The van der Waals surface area contributed by atoms with Crippen LogP contribution in [0.4, 0.5) is 0 Å². The highest BCUT2D eigenvalue weighted by molar-refractivity contribution is 5.93. The third kappa shape index (κ3) is 4.11. The summed E-state index contributed by atoms with van der Waals surface area (Å²) in [5.41, 5.74) is 5.46. The van der Waals surface area contributed by atoms with Gasteiger partial charge in [0.1, 0.15) is 24.2 Å². The molecule has 118 valence electrons. The number of nitriles is 1. The number of furan rings is 1. The Hall–Kier alpha value is -3.27. The largest absolute Gasteiger partial charge is 0.484 e. The number of hydrogen-bond acceptors (Lipinski definition) is 5. The lowest BCUT2D eigenvalue weighted by molar-refractivity contribution is -0.118. The summed E-state index contributed by atoms with van der Waals surface area (Å²) >= 11 is 0. The summed E-state index contributed by atoms with van der Waals surface area (Å²) in [4.78, 5) is 24.0. The summed E-state index contributed by atoms with van der Waals surface area (Å²) in [6.07, 6.45) is 0. The minimum Gasteiger partial charge on any atom is -0.484 e. The molecule has 0 saturated carbocycles. The van der Waals surface area contributed by atoms with Crippen LogP contribution in [0.1, 0.15) is 21.9 Å². The first-order valence-corrected chi connectivity index (χ1v) is 6.75. The summed E-state index contributed by atoms with van der Waals surface area (Å²) in [6.45, 7) is -0.119. The van der Waals surface area contributed by atoms with Gasteiger partial charge in [-0.25, -0.2) is 0 Å². The first-order chi connectivity index (χ1) is 11.0. The molecule has 0 bridgehead atoms.